The van der Waals surface area contributed by atoms with Gasteiger partial charge in [-0.15, -0.1) is 0 Å². The summed E-state index contributed by atoms with van der Waals surface area (Å²) in [5.74, 6) is 0.739. The Balaban J connectivity index is 2.39. The Morgan fingerprint density at radius 3 is 2.86 bits per heavy atom. The molecule has 1 saturated heterocycles. The van der Waals surface area contributed by atoms with Crippen LogP contribution in [0.1, 0.15) is 12.8 Å². The number of carbonyl (C=O) groups excluding carboxylic acids is 1. The number of rotatable bonds is 3. The molecule has 0 radical (unpaired) electrons. The topological polar surface area (TPSA) is 49.6 Å². The first-order valence-corrected chi connectivity index (χ1v) is 5.26. The van der Waals surface area contributed by atoms with Gasteiger partial charge in [-0.05, 0) is 39.4 Å². The number of nitrogens with two attached hydrogens (primary N) is 1. The zero-order valence-corrected chi connectivity index (χ0v) is 9.20. The fourth-order valence-corrected chi connectivity index (χ4v) is 1.85. The van der Waals surface area contributed by atoms with E-state index in [4.69, 9.17) is 5.73 Å². The van der Waals surface area contributed by atoms with Gasteiger partial charge in [0.1, 0.15) is 0 Å². The Labute approximate surface area is 86.0 Å². The van der Waals surface area contributed by atoms with Crippen molar-refractivity contribution in [3.63, 3.8) is 0 Å². The molecule has 14 heavy (non-hydrogen) atoms. The normalized spacial score (nSPS) is 22.9. The lowest BCUT2D eigenvalue weighted by molar-refractivity contribution is -0.133. The van der Waals surface area contributed by atoms with Crippen LogP contribution in [0.5, 0.6) is 0 Å². The van der Waals surface area contributed by atoms with Crippen molar-refractivity contribution >= 4 is 5.91 Å². The number of carbonyl (C=O) groups is 1. The molecule has 1 heterocycles. The van der Waals surface area contributed by atoms with E-state index in [2.05, 4.69) is 0 Å². The monoisotopic (exact) mass is 199 g/mol. The maximum absolute atomic E-state index is 11.7. The summed E-state index contributed by atoms with van der Waals surface area (Å²) in [5.41, 5.74) is 5.62. The van der Waals surface area contributed by atoms with Crippen LogP contribution >= 0.6 is 0 Å². The summed E-state index contributed by atoms with van der Waals surface area (Å²) in [6.45, 7) is 2.97. The zero-order chi connectivity index (χ0) is 10.6. The van der Waals surface area contributed by atoms with Crippen molar-refractivity contribution in [2.45, 2.75) is 12.8 Å². The fraction of sp³-hybridized carbons (Fsp3) is 0.900. The van der Waals surface area contributed by atoms with E-state index in [1.54, 1.807) is 0 Å². The number of likely N-dealkylation sites (N-methyl/N-ethyl adjacent to an activating group) is 1. The number of likely N-dealkylation sites (tertiary alicyclic amines) is 1. The molecular weight excluding hydrogens is 178 g/mol. The number of hydrogen-bond acceptors (Lipinski definition) is 3. The van der Waals surface area contributed by atoms with Crippen LogP contribution in [0.15, 0.2) is 0 Å². The van der Waals surface area contributed by atoms with Crippen LogP contribution in [0.4, 0.5) is 0 Å². The van der Waals surface area contributed by atoms with Crippen molar-refractivity contribution in [1.82, 2.24) is 9.80 Å². The first-order valence-electron chi connectivity index (χ1n) is 5.26. The molecule has 0 aromatic rings. The molecule has 82 valence electrons. The maximum atomic E-state index is 11.7. The number of amides is 1. The van der Waals surface area contributed by atoms with Gasteiger partial charge in [0.25, 0.3) is 0 Å². The molecule has 2 N–H and O–H groups in total. The second-order valence-electron chi connectivity index (χ2n) is 4.32. The van der Waals surface area contributed by atoms with Gasteiger partial charge < -0.3 is 15.5 Å². The van der Waals surface area contributed by atoms with Crippen LogP contribution in [-0.4, -0.2) is 56.0 Å². The van der Waals surface area contributed by atoms with E-state index in [0.717, 1.165) is 19.5 Å². The molecule has 1 aliphatic rings. The van der Waals surface area contributed by atoms with Crippen molar-refractivity contribution in [3.8, 4) is 0 Å². The van der Waals surface area contributed by atoms with Crippen LogP contribution in [0.3, 0.4) is 0 Å². The van der Waals surface area contributed by atoms with Gasteiger partial charge in [0.05, 0.1) is 6.54 Å². The standard InChI is InChI=1S/C10H21N3O/c1-12(2)8-10(14)13-5-3-4-9(6-11)7-13/h9H,3-8,11H2,1-2H3/t9-/m1/s1. The first-order chi connectivity index (χ1) is 6.63. The Bertz CT molecular complexity index is 194. The first kappa shape index (κ1) is 11.5. The van der Waals surface area contributed by atoms with Crippen molar-refractivity contribution in [1.29, 1.82) is 0 Å². The molecule has 0 aromatic carbocycles. The van der Waals surface area contributed by atoms with Crippen LogP contribution < -0.4 is 5.73 Å². The third kappa shape index (κ3) is 3.27. The average Bonchev–Trinajstić information content (AvgIpc) is 2.17. The third-order valence-corrected chi connectivity index (χ3v) is 2.66. The highest BCUT2D eigenvalue weighted by molar-refractivity contribution is 5.78. The third-order valence-electron chi connectivity index (χ3n) is 2.66. The zero-order valence-electron chi connectivity index (χ0n) is 9.20. The van der Waals surface area contributed by atoms with E-state index >= 15 is 0 Å². The number of hydrogen-bond donors (Lipinski definition) is 1. The van der Waals surface area contributed by atoms with Gasteiger partial charge in [0.15, 0.2) is 0 Å². The van der Waals surface area contributed by atoms with Crippen LogP contribution in [-0.2, 0) is 4.79 Å². The predicted molar refractivity (Wildman–Crippen MR) is 56.9 cm³/mol. The Morgan fingerprint density at radius 2 is 2.29 bits per heavy atom. The summed E-state index contributed by atoms with van der Waals surface area (Å²) in [4.78, 5) is 15.6. The van der Waals surface area contributed by atoms with Crippen LogP contribution in [0.2, 0.25) is 0 Å². The molecule has 1 rings (SSSR count). The van der Waals surface area contributed by atoms with Gasteiger partial charge in [-0.2, -0.15) is 0 Å². The molecule has 1 aliphatic heterocycles. The number of nitrogens with zero attached hydrogens (tertiary/aromatic N) is 2. The minimum absolute atomic E-state index is 0.230. The summed E-state index contributed by atoms with van der Waals surface area (Å²) in [6.07, 6.45) is 2.27. The summed E-state index contributed by atoms with van der Waals surface area (Å²) in [6, 6.07) is 0. The van der Waals surface area contributed by atoms with Crippen LogP contribution in [0, 0.1) is 5.92 Å². The molecule has 0 aromatic heterocycles. The molecular formula is C10H21N3O. The highest BCUT2D eigenvalue weighted by Gasteiger charge is 2.22. The summed E-state index contributed by atoms with van der Waals surface area (Å²) in [5, 5.41) is 0. The van der Waals surface area contributed by atoms with Crippen molar-refractivity contribution in [3.05, 3.63) is 0 Å². The van der Waals surface area contributed by atoms with E-state index in [9.17, 15) is 4.79 Å². The second-order valence-corrected chi connectivity index (χ2v) is 4.32. The smallest absolute Gasteiger partial charge is 0.236 e. The molecule has 1 atom stereocenters. The van der Waals surface area contributed by atoms with E-state index in [1.165, 1.54) is 6.42 Å². The quantitative estimate of drug-likeness (QED) is 0.681. The number of piperidine rings is 1. The lowest BCUT2D eigenvalue weighted by Crippen LogP contribution is -2.45. The molecule has 4 heteroatoms. The fourth-order valence-electron chi connectivity index (χ4n) is 1.85. The Hall–Kier alpha value is -0.610. The van der Waals surface area contributed by atoms with Crippen molar-refractivity contribution in [2.75, 3.05) is 40.3 Å². The highest BCUT2D eigenvalue weighted by Crippen LogP contribution is 2.15. The summed E-state index contributed by atoms with van der Waals surface area (Å²) < 4.78 is 0. The Morgan fingerprint density at radius 1 is 1.57 bits per heavy atom. The molecule has 0 bridgehead atoms. The molecule has 4 nitrogen and oxygen atoms in total. The van der Waals surface area contributed by atoms with Gasteiger partial charge in [-0.25, -0.2) is 0 Å². The van der Waals surface area contributed by atoms with E-state index < -0.39 is 0 Å². The van der Waals surface area contributed by atoms with Gasteiger partial charge >= 0.3 is 0 Å². The van der Waals surface area contributed by atoms with E-state index in [0.29, 0.717) is 19.0 Å². The summed E-state index contributed by atoms with van der Waals surface area (Å²) >= 11 is 0. The van der Waals surface area contributed by atoms with E-state index in [1.807, 2.05) is 23.9 Å². The van der Waals surface area contributed by atoms with Gasteiger partial charge in [-0.1, -0.05) is 0 Å². The van der Waals surface area contributed by atoms with E-state index in [-0.39, 0.29) is 5.91 Å². The predicted octanol–water partition coefficient (Wildman–Crippen LogP) is -0.255. The lowest BCUT2D eigenvalue weighted by Gasteiger charge is -2.32. The van der Waals surface area contributed by atoms with Gasteiger partial charge in [0, 0.05) is 13.1 Å². The largest absolute Gasteiger partial charge is 0.341 e. The van der Waals surface area contributed by atoms with Crippen LogP contribution in [0.25, 0.3) is 0 Å². The highest BCUT2D eigenvalue weighted by atomic mass is 16.2. The SMILES string of the molecule is CN(C)CC(=O)N1CCC[C@H](CN)C1. The molecule has 0 saturated carbocycles. The van der Waals surface area contributed by atoms with Crippen molar-refractivity contribution in [2.24, 2.45) is 11.7 Å². The lowest BCUT2D eigenvalue weighted by atomic mass is 9.98. The maximum Gasteiger partial charge on any atom is 0.236 e. The summed E-state index contributed by atoms with van der Waals surface area (Å²) in [7, 11) is 3.84. The molecule has 1 amide bonds. The molecule has 0 aliphatic carbocycles. The second kappa shape index (κ2) is 5.32. The molecule has 0 spiro atoms. The minimum Gasteiger partial charge on any atom is -0.341 e. The molecule has 1 fully saturated rings. The molecule has 0 unspecified atom stereocenters. The Kier molecular flexibility index (Phi) is 4.35. The van der Waals surface area contributed by atoms with Gasteiger partial charge in [0.2, 0.25) is 5.91 Å². The van der Waals surface area contributed by atoms with Crippen molar-refractivity contribution < 1.29 is 4.79 Å². The average molecular weight is 199 g/mol. The van der Waals surface area contributed by atoms with Gasteiger partial charge in [-0.3, -0.25) is 4.79 Å². The minimum atomic E-state index is 0.230.